The molecule has 160 valence electrons. The van der Waals surface area contributed by atoms with Gasteiger partial charge in [-0.2, -0.15) is 10.4 Å². The summed E-state index contributed by atoms with van der Waals surface area (Å²) in [5, 5.41) is 27.4. The van der Waals surface area contributed by atoms with Gasteiger partial charge in [-0.3, -0.25) is 0 Å². The summed E-state index contributed by atoms with van der Waals surface area (Å²) in [5.74, 6) is 1.23. The highest BCUT2D eigenvalue weighted by Gasteiger charge is 2.35. The van der Waals surface area contributed by atoms with Crippen LogP contribution in [0.3, 0.4) is 0 Å². The average Bonchev–Trinajstić information content (AvgIpc) is 3.31. The van der Waals surface area contributed by atoms with E-state index >= 15 is 0 Å². The van der Waals surface area contributed by atoms with Gasteiger partial charge in [0.1, 0.15) is 5.82 Å². The Morgan fingerprint density at radius 2 is 2.19 bits per heavy atom. The molecule has 0 amide bonds. The molecule has 0 saturated heterocycles. The van der Waals surface area contributed by atoms with E-state index in [2.05, 4.69) is 32.5 Å². The van der Waals surface area contributed by atoms with Crippen molar-refractivity contribution in [2.45, 2.75) is 38.6 Å². The van der Waals surface area contributed by atoms with Gasteiger partial charge in [0, 0.05) is 30.4 Å². The van der Waals surface area contributed by atoms with Crippen LogP contribution >= 0.6 is 0 Å². The van der Waals surface area contributed by atoms with Crippen LogP contribution in [0, 0.1) is 18.3 Å². The van der Waals surface area contributed by atoms with E-state index in [1.165, 1.54) is 0 Å². The zero-order valence-electron chi connectivity index (χ0n) is 18.0. The molecule has 8 heteroatoms. The van der Waals surface area contributed by atoms with Crippen LogP contribution in [0.25, 0.3) is 11.3 Å². The highest BCUT2D eigenvalue weighted by atomic mass is 16.5. The van der Waals surface area contributed by atoms with E-state index in [0.717, 1.165) is 41.0 Å². The van der Waals surface area contributed by atoms with Crippen LogP contribution in [0.2, 0.25) is 0 Å². The smallest absolute Gasteiger partial charge is 0.228 e. The van der Waals surface area contributed by atoms with Crippen molar-refractivity contribution in [1.29, 1.82) is 5.26 Å². The zero-order chi connectivity index (χ0) is 22.0. The molecule has 0 fully saturated rings. The third-order valence-electron chi connectivity index (χ3n) is 5.90. The second-order valence-electron chi connectivity index (χ2n) is 8.16. The molecule has 0 radical (unpaired) electrons. The number of methoxy groups -OCH3 is 1. The maximum atomic E-state index is 9.96. The molecule has 0 saturated carbocycles. The number of aromatic nitrogens is 4. The Balaban J connectivity index is 1.69. The molecule has 0 aliphatic heterocycles. The molecule has 1 aliphatic rings. The van der Waals surface area contributed by atoms with Crippen LogP contribution in [-0.2, 0) is 23.1 Å². The molecule has 1 atom stereocenters. The maximum Gasteiger partial charge on any atom is 0.228 e. The molecule has 8 nitrogen and oxygen atoms in total. The van der Waals surface area contributed by atoms with Gasteiger partial charge in [0.05, 0.1) is 42.8 Å². The summed E-state index contributed by atoms with van der Waals surface area (Å²) in [6.07, 6.45) is 3.33. The Morgan fingerprint density at radius 1 is 1.35 bits per heavy atom. The fourth-order valence-electron chi connectivity index (χ4n) is 4.12. The molecule has 2 N–H and O–H groups in total. The number of nitriles is 1. The van der Waals surface area contributed by atoms with Crippen molar-refractivity contribution >= 4 is 11.8 Å². The molecule has 31 heavy (non-hydrogen) atoms. The highest BCUT2D eigenvalue weighted by Crippen LogP contribution is 2.42. The van der Waals surface area contributed by atoms with Crippen molar-refractivity contribution in [2.75, 3.05) is 25.6 Å². The summed E-state index contributed by atoms with van der Waals surface area (Å²) in [4.78, 5) is 9.03. The minimum Gasteiger partial charge on any atom is -0.395 e. The lowest BCUT2D eigenvalue weighted by Crippen LogP contribution is -2.23. The first-order valence-electron chi connectivity index (χ1n) is 10.3. The van der Waals surface area contributed by atoms with E-state index < -0.39 is 0 Å². The number of hydrogen-bond donors (Lipinski definition) is 2. The number of ether oxygens (including phenoxy) is 1. The summed E-state index contributed by atoms with van der Waals surface area (Å²) in [7, 11) is 1.66. The number of nitrogens with zero attached hydrogens (tertiary/aromatic N) is 5. The maximum absolute atomic E-state index is 9.96. The van der Waals surface area contributed by atoms with Gasteiger partial charge >= 0.3 is 0 Å². The topological polar surface area (TPSA) is 109 Å². The van der Waals surface area contributed by atoms with Crippen LogP contribution < -0.4 is 5.32 Å². The van der Waals surface area contributed by atoms with E-state index in [1.54, 1.807) is 13.3 Å². The Hall–Kier alpha value is -3.28. The standard InChI is InChI=1S/C23H26N6O2/c1-15-10-21(29(28-15)8-9-31-3)27-22-25-7-5-20(26-22)16-11-17(13-24)18-4-6-23(2,14-30)19(18)12-16/h5,7,10-12,30H,4,6,8-9,14H2,1-3H3,(H,25,26,27)/t23-/m0/s1. The number of aryl methyl sites for hydroxylation is 1. The van der Waals surface area contributed by atoms with Crippen molar-refractivity contribution < 1.29 is 9.84 Å². The quantitative estimate of drug-likeness (QED) is 0.607. The molecule has 0 spiro atoms. The summed E-state index contributed by atoms with van der Waals surface area (Å²) in [6.45, 7) is 5.18. The van der Waals surface area contributed by atoms with E-state index in [4.69, 9.17) is 4.74 Å². The Bertz CT molecular complexity index is 1150. The Morgan fingerprint density at radius 3 is 2.94 bits per heavy atom. The van der Waals surface area contributed by atoms with Crippen LogP contribution in [0.4, 0.5) is 11.8 Å². The molecule has 1 aliphatic carbocycles. The van der Waals surface area contributed by atoms with E-state index in [0.29, 0.717) is 30.4 Å². The summed E-state index contributed by atoms with van der Waals surface area (Å²) in [6, 6.07) is 10.0. The third-order valence-corrected chi connectivity index (χ3v) is 5.90. The van der Waals surface area contributed by atoms with Gasteiger partial charge < -0.3 is 15.2 Å². The number of fused-ring (bicyclic) bond motifs is 1. The molecule has 0 bridgehead atoms. The first-order chi connectivity index (χ1) is 15.0. The molecule has 2 heterocycles. The lowest BCUT2D eigenvalue weighted by Gasteiger charge is -2.23. The lowest BCUT2D eigenvalue weighted by atomic mass is 9.83. The van der Waals surface area contributed by atoms with Gasteiger partial charge in [-0.15, -0.1) is 0 Å². The Kier molecular flexibility index (Phi) is 5.72. The summed E-state index contributed by atoms with van der Waals surface area (Å²) < 4.78 is 6.98. The molecular weight excluding hydrogens is 392 g/mol. The van der Waals surface area contributed by atoms with Crippen LogP contribution in [0.15, 0.2) is 30.5 Å². The van der Waals surface area contributed by atoms with Crippen molar-refractivity contribution in [3.05, 3.63) is 52.8 Å². The predicted molar refractivity (Wildman–Crippen MR) is 117 cm³/mol. The molecule has 4 rings (SSSR count). The van der Waals surface area contributed by atoms with Crippen LogP contribution in [0.1, 0.15) is 35.7 Å². The monoisotopic (exact) mass is 418 g/mol. The summed E-state index contributed by atoms with van der Waals surface area (Å²) >= 11 is 0. The largest absolute Gasteiger partial charge is 0.395 e. The Labute approximate surface area is 181 Å². The fourth-order valence-corrected chi connectivity index (χ4v) is 4.12. The van der Waals surface area contributed by atoms with Crippen LogP contribution in [-0.4, -0.2) is 45.2 Å². The fraction of sp³-hybridized carbons (Fsp3) is 0.391. The third kappa shape index (κ3) is 4.02. The van der Waals surface area contributed by atoms with E-state index in [9.17, 15) is 10.4 Å². The number of nitrogens with one attached hydrogen (secondary N) is 1. The zero-order valence-corrected chi connectivity index (χ0v) is 18.0. The van der Waals surface area contributed by atoms with E-state index in [1.807, 2.05) is 36.7 Å². The number of anilines is 2. The number of aliphatic hydroxyl groups excluding tert-OH is 1. The van der Waals surface area contributed by atoms with Crippen molar-refractivity contribution in [3.8, 4) is 17.3 Å². The normalized spacial score (nSPS) is 17.4. The van der Waals surface area contributed by atoms with Gasteiger partial charge in [-0.05, 0) is 49.1 Å². The second-order valence-corrected chi connectivity index (χ2v) is 8.16. The molecule has 1 aromatic carbocycles. The van der Waals surface area contributed by atoms with Gasteiger partial charge in [-0.1, -0.05) is 6.92 Å². The first-order valence-corrected chi connectivity index (χ1v) is 10.3. The average molecular weight is 419 g/mol. The second kappa shape index (κ2) is 8.46. The number of hydrogen-bond acceptors (Lipinski definition) is 7. The minimum atomic E-state index is -0.337. The SMILES string of the molecule is COCCn1nc(C)cc1Nc1nccc(-c2cc(C#N)c3c(c2)[C@](C)(CO)CC3)n1. The molecule has 3 aromatic rings. The van der Waals surface area contributed by atoms with Crippen molar-refractivity contribution in [1.82, 2.24) is 19.7 Å². The van der Waals surface area contributed by atoms with Gasteiger partial charge in [0.15, 0.2) is 0 Å². The predicted octanol–water partition coefficient (Wildman–Crippen LogP) is 3.11. The minimum absolute atomic E-state index is 0.0513. The highest BCUT2D eigenvalue weighted by molar-refractivity contribution is 5.68. The molecule has 0 unspecified atom stereocenters. The van der Waals surface area contributed by atoms with E-state index in [-0.39, 0.29) is 12.0 Å². The number of rotatable bonds is 7. The van der Waals surface area contributed by atoms with Gasteiger partial charge in [0.2, 0.25) is 5.95 Å². The van der Waals surface area contributed by atoms with Gasteiger partial charge in [-0.25, -0.2) is 14.6 Å². The summed E-state index contributed by atoms with van der Waals surface area (Å²) in [5.41, 5.74) is 4.81. The number of benzene rings is 1. The van der Waals surface area contributed by atoms with Crippen molar-refractivity contribution in [3.63, 3.8) is 0 Å². The molecule has 2 aromatic heterocycles. The number of aliphatic hydroxyl groups is 1. The molecular formula is C23H26N6O2. The first kappa shape index (κ1) is 21.0. The van der Waals surface area contributed by atoms with Gasteiger partial charge in [0.25, 0.3) is 0 Å². The van der Waals surface area contributed by atoms with Crippen molar-refractivity contribution in [2.24, 2.45) is 0 Å². The van der Waals surface area contributed by atoms with Crippen LogP contribution in [0.5, 0.6) is 0 Å². The lowest BCUT2D eigenvalue weighted by molar-refractivity contribution is 0.184.